The predicted molar refractivity (Wildman–Crippen MR) is 84.2 cm³/mol. The summed E-state index contributed by atoms with van der Waals surface area (Å²) in [5, 5.41) is 8.85. The number of aromatic nitrogens is 2. The van der Waals surface area contributed by atoms with Crippen molar-refractivity contribution in [1.82, 2.24) is 9.55 Å². The summed E-state index contributed by atoms with van der Waals surface area (Å²) in [4.78, 5) is 19.2. The van der Waals surface area contributed by atoms with Gasteiger partial charge in [-0.1, -0.05) is 12.1 Å². The Morgan fingerprint density at radius 1 is 1.09 bits per heavy atom. The molecule has 1 N–H and O–H groups in total. The Morgan fingerprint density at radius 3 is 2.41 bits per heavy atom. The number of carboxylic acid groups (broad SMARTS) is 1. The molecule has 3 rings (SSSR count). The number of aromatic carboxylic acids is 1. The minimum Gasteiger partial charge on any atom is -0.478 e. The number of hydrogen-bond acceptors (Lipinski definition) is 3. The third-order valence-electron chi connectivity index (χ3n) is 3.17. The zero-order chi connectivity index (χ0) is 15.4. The zero-order valence-electron chi connectivity index (χ0n) is 11.6. The molecule has 0 saturated heterocycles. The monoisotopic (exact) mass is 291 g/mol. The Labute approximate surface area is 127 Å². The summed E-state index contributed by atoms with van der Waals surface area (Å²) in [5.41, 5.74) is 2.96. The average molecular weight is 291 g/mol. The smallest absolute Gasteiger partial charge is 0.335 e. The van der Waals surface area contributed by atoms with Crippen LogP contribution in [0.2, 0.25) is 0 Å². The molecule has 0 aliphatic rings. The molecule has 0 fully saturated rings. The third kappa shape index (κ3) is 3.09. The first-order valence-electron chi connectivity index (χ1n) is 6.68. The summed E-state index contributed by atoms with van der Waals surface area (Å²) >= 11 is 0. The van der Waals surface area contributed by atoms with Crippen molar-refractivity contribution in [3.8, 4) is 5.69 Å². The van der Waals surface area contributed by atoms with Crippen LogP contribution in [0, 0.1) is 0 Å². The average Bonchev–Trinajstić information content (AvgIpc) is 3.08. The molecule has 0 atom stereocenters. The van der Waals surface area contributed by atoms with Crippen LogP contribution in [0.25, 0.3) is 5.69 Å². The van der Waals surface area contributed by atoms with E-state index in [1.807, 2.05) is 35.0 Å². The minimum atomic E-state index is -0.932. The highest BCUT2D eigenvalue weighted by atomic mass is 16.4. The van der Waals surface area contributed by atoms with Gasteiger partial charge in [0, 0.05) is 24.3 Å². The summed E-state index contributed by atoms with van der Waals surface area (Å²) in [7, 11) is 0. The fraction of sp³-hybridized carbons (Fsp3) is 0. The van der Waals surface area contributed by atoms with Crippen molar-refractivity contribution < 1.29 is 9.90 Å². The lowest BCUT2D eigenvalue weighted by Gasteiger charge is -2.01. The molecule has 5 nitrogen and oxygen atoms in total. The topological polar surface area (TPSA) is 67.5 Å². The van der Waals surface area contributed by atoms with Gasteiger partial charge >= 0.3 is 5.97 Å². The first-order valence-corrected chi connectivity index (χ1v) is 6.68. The molecule has 0 bridgehead atoms. The number of benzene rings is 2. The molecule has 22 heavy (non-hydrogen) atoms. The SMILES string of the molecule is O=C(O)c1ccc(/C=N/c2ccc(-n3ccnc3)cc2)cc1. The number of carboxylic acids is 1. The molecule has 0 amide bonds. The third-order valence-corrected chi connectivity index (χ3v) is 3.17. The summed E-state index contributed by atoms with van der Waals surface area (Å²) < 4.78 is 1.91. The second kappa shape index (κ2) is 6.05. The van der Waals surface area contributed by atoms with Crippen molar-refractivity contribution in [1.29, 1.82) is 0 Å². The highest BCUT2D eigenvalue weighted by Crippen LogP contribution is 2.16. The van der Waals surface area contributed by atoms with Crippen LogP contribution >= 0.6 is 0 Å². The number of hydrogen-bond donors (Lipinski definition) is 1. The Hall–Kier alpha value is -3.21. The van der Waals surface area contributed by atoms with Gasteiger partial charge < -0.3 is 9.67 Å². The molecule has 108 valence electrons. The van der Waals surface area contributed by atoms with Crippen molar-refractivity contribution in [2.24, 2.45) is 4.99 Å². The van der Waals surface area contributed by atoms with Crippen LogP contribution in [0.3, 0.4) is 0 Å². The molecule has 5 heteroatoms. The van der Waals surface area contributed by atoms with Gasteiger partial charge in [-0.2, -0.15) is 0 Å². The molecule has 1 aromatic heterocycles. The lowest BCUT2D eigenvalue weighted by atomic mass is 10.1. The molecule has 2 aromatic carbocycles. The van der Waals surface area contributed by atoms with Gasteiger partial charge in [-0.15, -0.1) is 0 Å². The van der Waals surface area contributed by atoms with E-state index in [-0.39, 0.29) is 5.56 Å². The van der Waals surface area contributed by atoms with Gasteiger partial charge in [0.25, 0.3) is 0 Å². The lowest BCUT2D eigenvalue weighted by Crippen LogP contribution is -1.95. The van der Waals surface area contributed by atoms with Crippen LogP contribution in [0.15, 0.2) is 72.2 Å². The van der Waals surface area contributed by atoms with E-state index in [0.29, 0.717) is 0 Å². The molecular weight excluding hydrogens is 278 g/mol. The Kier molecular flexibility index (Phi) is 3.78. The van der Waals surface area contributed by atoms with E-state index < -0.39 is 5.97 Å². The van der Waals surface area contributed by atoms with Gasteiger partial charge in [0.05, 0.1) is 17.6 Å². The summed E-state index contributed by atoms with van der Waals surface area (Å²) in [6.45, 7) is 0. The van der Waals surface area contributed by atoms with Crippen molar-refractivity contribution in [2.75, 3.05) is 0 Å². The second-order valence-electron chi connectivity index (χ2n) is 4.67. The van der Waals surface area contributed by atoms with Crippen LogP contribution in [0.5, 0.6) is 0 Å². The summed E-state index contributed by atoms with van der Waals surface area (Å²) in [6, 6.07) is 14.3. The van der Waals surface area contributed by atoms with Gasteiger partial charge in [0.1, 0.15) is 0 Å². The highest BCUT2D eigenvalue weighted by Gasteiger charge is 2.00. The normalized spacial score (nSPS) is 10.9. The number of imidazole rings is 1. The molecule has 3 aromatic rings. The van der Waals surface area contributed by atoms with Gasteiger partial charge in [0.15, 0.2) is 0 Å². The molecule has 1 heterocycles. The van der Waals surface area contributed by atoms with Crippen LogP contribution in [0.1, 0.15) is 15.9 Å². The van der Waals surface area contributed by atoms with Crippen LogP contribution < -0.4 is 0 Å². The van der Waals surface area contributed by atoms with E-state index in [1.54, 1.807) is 43.0 Å². The summed E-state index contributed by atoms with van der Waals surface area (Å²) in [6.07, 6.45) is 7.05. The molecule has 0 aliphatic carbocycles. The largest absolute Gasteiger partial charge is 0.478 e. The van der Waals surface area contributed by atoms with E-state index in [4.69, 9.17) is 5.11 Å². The molecular formula is C17H13N3O2. The van der Waals surface area contributed by atoms with E-state index in [9.17, 15) is 4.79 Å². The van der Waals surface area contributed by atoms with Crippen molar-refractivity contribution >= 4 is 17.9 Å². The fourth-order valence-corrected chi connectivity index (χ4v) is 1.98. The van der Waals surface area contributed by atoms with E-state index in [1.165, 1.54) is 0 Å². The van der Waals surface area contributed by atoms with Crippen molar-refractivity contribution in [3.05, 3.63) is 78.4 Å². The molecule has 0 unspecified atom stereocenters. The number of aliphatic imine (C=N–C) groups is 1. The molecule has 0 aliphatic heterocycles. The maximum absolute atomic E-state index is 10.8. The van der Waals surface area contributed by atoms with Crippen molar-refractivity contribution in [3.63, 3.8) is 0 Å². The fourth-order valence-electron chi connectivity index (χ4n) is 1.98. The number of rotatable bonds is 4. The van der Waals surface area contributed by atoms with E-state index in [0.717, 1.165) is 16.9 Å². The Balaban J connectivity index is 1.73. The van der Waals surface area contributed by atoms with Crippen LogP contribution in [-0.4, -0.2) is 26.8 Å². The van der Waals surface area contributed by atoms with Crippen molar-refractivity contribution in [2.45, 2.75) is 0 Å². The first-order chi connectivity index (χ1) is 10.7. The Bertz CT molecular complexity index is 789. The zero-order valence-corrected chi connectivity index (χ0v) is 11.6. The maximum Gasteiger partial charge on any atom is 0.335 e. The second-order valence-corrected chi connectivity index (χ2v) is 4.67. The van der Waals surface area contributed by atoms with Crippen LogP contribution in [-0.2, 0) is 0 Å². The lowest BCUT2D eigenvalue weighted by molar-refractivity contribution is 0.0697. The van der Waals surface area contributed by atoms with E-state index >= 15 is 0 Å². The first kappa shape index (κ1) is 13.8. The highest BCUT2D eigenvalue weighted by molar-refractivity contribution is 5.89. The van der Waals surface area contributed by atoms with Gasteiger partial charge in [-0.05, 0) is 42.0 Å². The molecule has 0 saturated carbocycles. The Morgan fingerprint density at radius 2 is 1.82 bits per heavy atom. The van der Waals surface area contributed by atoms with Gasteiger partial charge in [-0.3, -0.25) is 4.99 Å². The predicted octanol–water partition coefficient (Wildman–Crippen LogP) is 3.32. The number of carbonyl (C=O) groups is 1. The maximum atomic E-state index is 10.8. The minimum absolute atomic E-state index is 0.266. The number of nitrogens with zero attached hydrogens (tertiary/aromatic N) is 3. The molecule has 0 radical (unpaired) electrons. The van der Waals surface area contributed by atoms with Gasteiger partial charge in [-0.25, -0.2) is 9.78 Å². The van der Waals surface area contributed by atoms with E-state index in [2.05, 4.69) is 9.98 Å². The standard InChI is InChI=1S/C17H13N3O2/c21-17(22)14-3-1-13(2-4-14)11-19-15-5-7-16(8-6-15)20-10-9-18-12-20/h1-12H,(H,21,22)/b19-11+. The summed E-state index contributed by atoms with van der Waals surface area (Å²) in [5.74, 6) is -0.932. The quantitative estimate of drug-likeness (QED) is 0.750. The molecule has 0 spiro atoms. The van der Waals surface area contributed by atoms with Crippen LogP contribution in [0.4, 0.5) is 5.69 Å². The van der Waals surface area contributed by atoms with Gasteiger partial charge in [0.2, 0.25) is 0 Å².